The SMILES string of the molecule is O=C(CCC(=O)c1ccc2c(c1)OCCO2)Nc1cccc(Br)c1. The average Bonchev–Trinajstić information content (AvgIpc) is 2.59. The Bertz CT molecular complexity index is 775. The van der Waals surface area contributed by atoms with Crippen LogP contribution >= 0.6 is 15.9 Å². The van der Waals surface area contributed by atoms with E-state index in [9.17, 15) is 9.59 Å². The lowest BCUT2D eigenvalue weighted by Gasteiger charge is -2.18. The normalized spacial score (nSPS) is 12.5. The lowest BCUT2D eigenvalue weighted by molar-refractivity contribution is -0.116. The van der Waals surface area contributed by atoms with Crippen LogP contribution in [0.15, 0.2) is 46.9 Å². The minimum atomic E-state index is -0.195. The first-order valence-electron chi connectivity index (χ1n) is 7.60. The van der Waals surface area contributed by atoms with Gasteiger partial charge in [0.2, 0.25) is 5.91 Å². The van der Waals surface area contributed by atoms with Gasteiger partial charge in [-0.2, -0.15) is 0 Å². The van der Waals surface area contributed by atoms with Gasteiger partial charge < -0.3 is 14.8 Å². The average molecular weight is 390 g/mol. The maximum absolute atomic E-state index is 12.3. The quantitative estimate of drug-likeness (QED) is 0.789. The molecule has 5 nitrogen and oxygen atoms in total. The smallest absolute Gasteiger partial charge is 0.224 e. The van der Waals surface area contributed by atoms with Crippen molar-refractivity contribution in [2.45, 2.75) is 12.8 Å². The van der Waals surface area contributed by atoms with Crippen molar-refractivity contribution in [3.63, 3.8) is 0 Å². The van der Waals surface area contributed by atoms with E-state index in [1.54, 1.807) is 30.3 Å². The molecule has 1 heterocycles. The summed E-state index contributed by atoms with van der Waals surface area (Å²) in [5.41, 5.74) is 1.22. The molecule has 0 saturated carbocycles. The molecule has 0 aliphatic carbocycles. The third-order valence-electron chi connectivity index (χ3n) is 3.55. The number of anilines is 1. The van der Waals surface area contributed by atoms with Gasteiger partial charge in [-0.25, -0.2) is 0 Å². The number of benzene rings is 2. The number of amides is 1. The number of halogens is 1. The van der Waals surface area contributed by atoms with E-state index in [4.69, 9.17) is 9.47 Å². The lowest BCUT2D eigenvalue weighted by atomic mass is 10.1. The highest BCUT2D eigenvalue weighted by molar-refractivity contribution is 9.10. The number of carbonyl (C=O) groups is 2. The maximum Gasteiger partial charge on any atom is 0.224 e. The van der Waals surface area contributed by atoms with Crippen LogP contribution in [0.3, 0.4) is 0 Å². The van der Waals surface area contributed by atoms with E-state index in [1.165, 1.54) is 0 Å². The minimum absolute atomic E-state index is 0.101. The molecule has 2 aromatic rings. The summed E-state index contributed by atoms with van der Waals surface area (Å²) in [6, 6.07) is 12.4. The third-order valence-corrected chi connectivity index (χ3v) is 4.04. The van der Waals surface area contributed by atoms with E-state index in [0.717, 1.165) is 4.47 Å². The van der Waals surface area contributed by atoms with Gasteiger partial charge in [0.15, 0.2) is 17.3 Å². The van der Waals surface area contributed by atoms with Crippen LogP contribution in [0.1, 0.15) is 23.2 Å². The van der Waals surface area contributed by atoms with Gasteiger partial charge in [-0.3, -0.25) is 9.59 Å². The van der Waals surface area contributed by atoms with Crippen molar-refractivity contribution >= 4 is 33.3 Å². The first-order chi connectivity index (χ1) is 11.6. The van der Waals surface area contributed by atoms with Crippen LogP contribution < -0.4 is 14.8 Å². The van der Waals surface area contributed by atoms with Gasteiger partial charge in [-0.15, -0.1) is 0 Å². The molecule has 6 heteroatoms. The molecule has 1 aliphatic heterocycles. The first kappa shape index (κ1) is 16.5. The summed E-state index contributed by atoms with van der Waals surface area (Å²) in [7, 11) is 0. The van der Waals surface area contributed by atoms with E-state index in [0.29, 0.717) is 36.0 Å². The Kier molecular flexibility index (Phi) is 5.15. The molecule has 1 N–H and O–H groups in total. The second kappa shape index (κ2) is 7.49. The summed E-state index contributed by atoms with van der Waals surface area (Å²) in [5.74, 6) is 0.922. The first-order valence-corrected chi connectivity index (χ1v) is 8.39. The van der Waals surface area contributed by atoms with E-state index >= 15 is 0 Å². The number of hydrogen-bond acceptors (Lipinski definition) is 4. The number of Topliss-reactive ketones (excluding diaryl/α,β-unsaturated/α-hetero) is 1. The molecule has 1 amide bonds. The van der Waals surface area contributed by atoms with Crippen LogP contribution in [-0.2, 0) is 4.79 Å². The van der Waals surface area contributed by atoms with Crippen molar-refractivity contribution in [1.82, 2.24) is 0 Å². The van der Waals surface area contributed by atoms with Crippen molar-refractivity contribution in [3.8, 4) is 11.5 Å². The van der Waals surface area contributed by atoms with Gasteiger partial charge in [0, 0.05) is 28.6 Å². The molecule has 0 atom stereocenters. The molecule has 3 rings (SSSR count). The molecule has 0 spiro atoms. The standard InChI is InChI=1S/C18H16BrNO4/c19-13-2-1-3-14(11-13)20-18(22)7-5-15(21)12-4-6-16-17(10-12)24-9-8-23-16/h1-4,6,10-11H,5,7-9H2,(H,20,22). The zero-order valence-corrected chi connectivity index (χ0v) is 14.5. The van der Waals surface area contributed by atoms with E-state index in [2.05, 4.69) is 21.2 Å². The topological polar surface area (TPSA) is 64.6 Å². The maximum atomic E-state index is 12.3. The Morgan fingerprint density at radius 2 is 1.79 bits per heavy atom. The fourth-order valence-corrected chi connectivity index (χ4v) is 2.78. The van der Waals surface area contributed by atoms with Gasteiger partial charge in [0.25, 0.3) is 0 Å². The van der Waals surface area contributed by atoms with Crippen LogP contribution in [0.4, 0.5) is 5.69 Å². The van der Waals surface area contributed by atoms with Crippen molar-refractivity contribution in [3.05, 3.63) is 52.5 Å². The second-order valence-electron chi connectivity index (χ2n) is 5.34. The van der Waals surface area contributed by atoms with Gasteiger partial charge in [-0.1, -0.05) is 22.0 Å². The number of nitrogens with one attached hydrogen (secondary N) is 1. The van der Waals surface area contributed by atoms with Gasteiger partial charge >= 0.3 is 0 Å². The molecule has 0 saturated heterocycles. The molecule has 124 valence electrons. The Balaban J connectivity index is 1.56. The summed E-state index contributed by atoms with van der Waals surface area (Å²) in [6.45, 7) is 0.982. The predicted molar refractivity (Wildman–Crippen MR) is 93.8 cm³/mol. The number of rotatable bonds is 5. The van der Waals surface area contributed by atoms with Crippen molar-refractivity contribution in [2.75, 3.05) is 18.5 Å². The van der Waals surface area contributed by atoms with Gasteiger partial charge in [0.05, 0.1) is 0 Å². The Morgan fingerprint density at radius 1 is 1.00 bits per heavy atom. The largest absolute Gasteiger partial charge is 0.486 e. The lowest BCUT2D eigenvalue weighted by Crippen LogP contribution is -2.16. The zero-order valence-electron chi connectivity index (χ0n) is 12.9. The second-order valence-corrected chi connectivity index (χ2v) is 6.26. The van der Waals surface area contributed by atoms with E-state index in [1.807, 2.05) is 12.1 Å². The summed E-state index contributed by atoms with van der Waals surface area (Å²) >= 11 is 3.35. The molecule has 0 radical (unpaired) electrons. The molecular formula is C18H16BrNO4. The summed E-state index contributed by atoms with van der Waals surface area (Å²) in [4.78, 5) is 24.2. The number of ether oxygens (including phenoxy) is 2. The van der Waals surface area contributed by atoms with Crippen LogP contribution in [-0.4, -0.2) is 24.9 Å². The van der Waals surface area contributed by atoms with Crippen molar-refractivity contribution in [2.24, 2.45) is 0 Å². The fourth-order valence-electron chi connectivity index (χ4n) is 2.38. The zero-order chi connectivity index (χ0) is 16.9. The van der Waals surface area contributed by atoms with E-state index in [-0.39, 0.29) is 24.5 Å². The molecule has 24 heavy (non-hydrogen) atoms. The fraction of sp³-hybridized carbons (Fsp3) is 0.222. The number of hydrogen-bond donors (Lipinski definition) is 1. The Hall–Kier alpha value is -2.34. The van der Waals surface area contributed by atoms with Crippen LogP contribution in [0.2, 0.25) is 0 Å². The molecule has 1 aliphatic rings. The highest BCUT2D eigenvalue weighted by Crippen LogP contribution is 2.31. The predicted octanol–water partition coefficient (Wildman–Crippen LogP) is 3.82. The Labute approximate surface area is 148 Å². The summed E-state index contributed by atoms with van der Waals surface area (Å²) in [6.07, 6.45) is 0.263. The summed E-state index contributed by atoms with van der Waals surface area (Å²) in [5, 5.41) is 2.77. The molecule has 0 unspecified atom stereocenters. The van der Waals surface area contributed by atoms with Crippen molar-refractivity contribution < 1.29 is 19.1 Å². The Morgan fingerprint density at radius 3 is 2.58 bits per heavy atom. The van der Waals surface area contributed by atoms with E-state index < -0.39 is 0 Å². The van der Waals surface area contributed by atoms with Crippen LogP contribution in [0.5, 0.6) is 11.5 Å². The molecule has 0 bridgehead atoms. The highest BCUT2D eigenvalue weighted by atomic mass is 79.9. The number of ketones is 1. The third kappa shape index (κ3) is 4.14. The number of fused-ring (bicyclic) bond motifs is 1. The highest BCUT2D eigenvalue weighted by Gasteiger charge is 2.15. The molecule has 0 aromatic heterocycles. The molecule has 0 fully saturated rings. The number of carbonyl (C=O) groups excluding carboxylic acids is 2. The van der Waals surface area contributed by atoms with Gasteiger partial charge in [0.1, 0.15) is 13.2 Å². The molecular weight excluding hydrogens is 374 g/mol. The summed E-state index contributed by atoms with van der Waals surface area (Å²) < 4.78 is 11.8. The minimum Gasteiger partial charge on any atom is -0.486 e. The van der Waals surface area contributed by atoms with Crippen molar-refractivity contribution in [1.29, 1.82) is 0 Å². The monoisotopic (exact) mass is 389 g/mol. The van der Waals surface area contributed by atoms with Crippen LogP contribution in [0, 0.1) is 0 Å². The van der Waals surface area contributed by atoms with Gasteiger partial charge in [-0.05, 0) is 36.4 Å². The van der Waals surface area contributed by atoms with Crippen LogP contribution in [0.25, 0.3) is 0 Å². The molecule has 2 aromatic carbocycles.